The maximum Gasteiger partial charge on any atom is 0.323 e. The van der Waals surface area contributed by atoms with E-state index in [0.29, 0.717) is 5.69 Å². The van der Waals surface area contributed by atoms with Crippen LogP contribution in [0.15, 0.2) is 18.2 Å². The third-order valence-electron chi connectivity index (χ3n) is 2.81. The Labute approximate surface area is 118 Å². The summed E-state index contributed by atoms with van der Waals surface area (Å²) in [5.74, 6) is -1.06. The molecule has 0 saturated heterocycles. The molecular formula is C14H20N2O4. The van der Waals surface area contributed by atoms with Gasteiger partial charge in [0.15, 0.2) is 0 Å². The number of hydrogen-bond acceptors (Lipinski definition) is 3. The number of carbonyl (C=O) groups excluding carboxylic acids is 1. The molecule has 0 heterocycles. The van der Waals surface area contributed by atoms with Crippen LogP contribution in [0, 0.1) is 13.8 Å². The first-order chi connectivity index (χ1) is 9.43. The summed E-state index contributed by atoms with van der Waals surface area (Å²) in [4.78, 5) is 24.1. The molecule has 0 bridgehead atoms. The summed E-state index contributed by atoms with van der Waals surface area (Å²) >= 11 is 0. The van der Waals surface area contributed by atoms with Crippen molar-refractivity contribution < 1.29 is 19.4 Å². The Morgan fingerprint density at radius 3 is 2.65 bits per heavy atom. The second-order valence-electron chi connectivity index (χ2n) is 4.56. The molecule has 0 fully saturated rings. The van der Waals surface area contributed by atoms with Crippen LogP contribution in [0.1, 0.15) is 11.1 Å². The van der Waals surface area contributed by atoms with Crippen LogP contribution in [0.5, 0.6) is 0 Å². The average Bonchev–Trinajstić information content (AvgIpc) is 2.38. The van der Waals surface area contributed by atoms with E-state index in [4.69, 9.17) is 9.84 Å². The number of nitrogens with zero attached hydrogens (tertiary/aromatic N) is 1. The first kappa shape index (κ1) is 16.0. The van der Waals surface area contributed by atoms with Crippen LogP contribution < -0.4 is 5.32 Å². The van der Waals surface area contributed by atoms with Gasteiger partial charge in [0, 0.05) is 19.3 Å². The molecule has 2 N–H and O–H groups in total. The average molecular weight is 280 g/mol. The SMILES string of the molecule is COCCN(CC(=O)O)C(=O)Nc1cc(C)ccc1C. The summed E-state index contributed by atoms with van der Waals surface area (Å²) in [5.41, 5.74) is 2.63. The number of methoxy groups -OCH3 is 1. The molecule has 0 aliphatic rings. The molecule has 0 aliphatic heterocycles. The van der Waals surface area contributed by atoms with E-state index in [2.05, 4.69) is 5.32 Å². The highest BCUT2D eigenvalue weighted by Gasteiger charge is 2.17. The van der Waals surface area contributed by atoms with Gasteiger partial charge in [-0.05, 0) is 31.0 Å². The molecule has 6 heteroatoms. The van der Waals surface area contributed by atoms with Crippen LogP contribution in [0.4, 0.5) is 10.5 Å². The molecular weight excluding hydrogens is 260 g/mol. The summed E-state index contributed by atoms with van der Waals surface area (Å²) in [6, 6.07) is 5.26. The van der Waals surface area contributed by atoms with Crippen molar-refractivity contribution in [1.82, 2.24) is 4.90 Å². The minimum atomic E-state index is -1.06. The zero-order valence-electron chi connectivity index (χ0n) is 12.0. The molecule has 1 rings (SSSR count). The summed E-state index contributed by atoms with van der Waals surface area (Å²) in [7, 11) is 1.50. The van der Waals surface area contributed by atoms with Gasteiger partial charge in [-0.3, -0.25) is 4.79 Å². The van der Waals surface area contributed by atoms with E-state index < -0.39 is 12.0 Å². The fourth-order valence-electron chi connectivity index (χ4n) is 1.68. The van der Waals surface area contributed by atoms with Crippen molar-refractivity contribution >= 4 is 17.7 Å². The van der Waals surface area contributed by atoms with Crippen LogP contribution in [-0.2, 0) is 9.53 Å². The van der Waals surface area contributed by atoms with Gasteiger partial charge in [-0.2, -0.15) is 0 Å². The number of benzene rings is 1. The number of aliphatic carboxylic acids is 1. The molecule has 1 aromatic carbocycles. The highest BCUT2D eigenvalue weighted by Crippen LogP contribution is 2.16. The fraction of sp³-hybridized carbons (Fsp3) is 0.429. The lowest BCUT2D eigenvalue weighted by atomic mass is 10.1. The van der Waals surface area contributed by atoms with Gasteiger partial charge >= 0.3 is 12.0 Å². The highest BCUT2D eigenvalue weighted by molar-refractivity contribution is 5.92. The Balaban J connectivity index is 2.78. The van der Waals surface area contributed by atoms with Gasteiger partial charge in [0.2, 0.25) is 0 Å². The zero-order valence-corrected chi connectivity index (χ0v) is 12.0. The summed E-state index contributed by atoms with van der Waals surface area (Å²) in [6.45, 7) is 3.95. The van der Waals surface area contributed by atoms with Crippen molar-refractivity contribution in [3.8, 4) is 0 Å². The molecule has 110 valence electrons. The van der Waals surface area contributed by atoms with Crippen molar-refractivity contribution in [2.45, 2.75) is 13.8 Å². The molecule has 0 unspecified atom stereocenters. The van der Waals surface area contributed by atoms with Gasteiger partial charge in [0.1, 0.15) is 6.54 Å². The Hall–Kier alpha value is -2.08. The monoisotopic (exact) mass is 280 g/mol. The molecule has 2 amide bonds. The zero-order chi connectivity index (χ0) is 15.1. The molecule has 0 saturated carbocycles. The number of rotatable bonds is 6. The van der Waals surface area contributed by atoms with Crippen LogP contribution in [0.3, 0.4) is 0 Å². The number of ether oxygens (including phenoxy) is 1. The van der Waals surface area contributed by atoms with Crippen molar-refractivity contribution in [1.29, 1.82) is 0 Å². The largest absolute Gasteiger partial charge is 0.480 e. The van der Waals surface area contributed by atoms with Crippen molar-refractivity contribution in [3.63, 3.8) is 0 Å². The van der Waals surface area contributed by atoms with E-state index in [1.165, 1.54) is 12.0 Å². The molecule has 0 aromatic heterocycles. The number of nitrogens with one attached hydrogen (secondary N) is 1. The lowest BCUT2D eigenvalue weighted by Crippen LogP contribution is -2.40. The predicted octanol–water partition coefficient (Wildman–Crippen LogP) is 1.87. The standard InChI is InChI=1S/C14H20N2O4/c1-10-4-5-11(2)12(8-10)15-14(19)16(6-7-20-3)9-13(17)18/h4-5,8H,6-7,9H2,1-3H3,(H,15,19)(H,17,18). The maximum absolute atomic E-state index is 12.1. The molecule has 1 aromatic rings. The number of aryl methyl sites for hydroxylation is 2. The summed E-state index contributed by atoms with van der Waals surface area (Å²) in [6.07, 6.45) is 0. The Kier molecular flexibility index (Phi) is 5.99. The maximum atomic E-state index is 12.1. The van der Waals surface area contributed by atoms with Crippen molar-refractivity contribution in [2.24, 2.45) is 0 Å². The van der Waals surface area contributed by atoms with E-state index in [0.717, 1.165) is 11.1 Å². The van der Waals surface area contributed by atoms with Crippen LogP contribution in [-0.4, -0.2) is 48.8 Å². The number of carboxylic acids is 1. The number of urea groups is 1. The number of anilines is 1. The Bertz CT molecular complexity index is 488. The first-order valence-corrected chi connectivity index (χ1v) is 6.28. The number of carboxylic acid groups (broad SMARTS) is 1. The second-order valence-corrected chi connectivity index (χ2v) is 4.56. The van der Waals surface area contributed by atoms with Crippen LogP contribution in [0.2, 0.25) is 0 Å². The quantitative estimate of drug-likeness (QED) is 0.833. The molecule has 0 radical (unpaired) electrons. The fourth-order valence-corrected chi connectivity index (χ4v) is 1.68. The van der Waals surface area contributed by atoms with Gasteiger partial charge < -0.3 is 20.1 Å². The minimum absolute atomic E-state index is 0.222. The van der Waals surface area contributed by atoms with Crippen molar-refractivity contribution in [3.05, 3.63) is 29.3 Å². The number of amides is 2. The van der Waals surface area contributed by atoms with Gasteiger partial charge in [0.05, 0.1) is 6.61 Å². The van der Waals surface area contributed by atoms with Crippen LogP contribution >= 0.6 is 0 Å². The highest BCUT2D eigenvalue weighted by atomic mass is 16.5. The van der Waals surface area contributed by atoms with Gasteiger partial charge in [-0.25, -0.2) is 4.79 Å². The van der Waals surface area contributed by atoms with E-state index in [1.54, 1.807) is 0 Å². The number of carbonyl (C=O) groups is 2. The second kappa shape index (κ2) is 7.49. The van der Waals surface area contributed by atoms with Gasteiger partial charge in [0.25, 0.3) is 0 Å². The lowest BCUT2D eigenvalue weighted by molar-refractivity contribution is -0.137. The molecule has 0 atom stereocenters. The smallest absolute Gasteiger partial charge is 0.323 e. The molecule has 6 nitrogen and oxygen atoms in total. The third-order valence-corrected chi connectivity index (χ3v) is 2.81. The van der Waals surface area contributed by atoms with Gasteiger partial charge in [-0.1, -0.05) is 12.1 Å². The molecule has 0 spiro atoms. The number of hydrogen-bond donors (Lipinski definition) is 2. The Morgan fingerprint density at radius 1 is 1.35 bits per heavy atom. The molecule has 20 heavy (non-hydrogen) atoms. The van der Waals surface area contributed by atoms with Crippen LogP contribution in [0.25, 0.3) is 0 Å². The normalized spacial score (nSPS) is 10.2. The van der Waals surface area contributed by atoms with E-state index in [1.807, 2.05) is 32.0 Å². The summed E-state index contributed by atoms with van der Waals surface area (Å²) < 4.78 is 4.88. The topological polar surface area (TPSA) is 78.9 Å². The van der Waals surface area contributed by atoms with E-state index in [9.17, 15) is 9.59 Å². The van der Waals surface area contributed by atoms with Crippen molar-refractivity contribution in [2.75, 3.05) is 32.1 Å². The van der Waals surface area contributed by atoms with E-state index >= 15 is 0 Å². The van der Waals surface area contributed by atoms with E-state index in [-0.39, 0.29) is 19.7 Å². The predicted molar refractivity (Wildman–Crippen MR) is 76.0 cm³/mol. The minimum Gasteiger partial charge on any atom is -0.480 e. The lowest BCUT2D eigenvalue weighted by Gasteiger charge is -2.21. The summed E-state index contributed by atoms with van der Waals surface area (Å²) in [5, 5.41) is 11.6. The molecule has 0 aliphatic carbocycles. The Morgan fingerprint density at radius 2 is 2.05 bits per heavy atom. The first-order valence-electron chi connectivity index (χ1n) is 6.28. The van der Waals surface area contributed by atoms with Gasteiger partial charge in [-0.15, -0.1) is 0 Å². The third kappa shape index (κ3) is 4.89.